The largest absolute Gasteiger partial charge is 0.468 e. The number of carbonyl (C=O) groups is 1. The van der Waals surface area contributed by atoms with Gasteiger partial charge in [-0.25, -0.2) is 4.98 Å². The van der Waals surface area contributed by atoms with Gasteiger partial charge in [-0.2, -0.15) is 9.97 Å². The number of nitrogens with two attached hydrogens (primary N) is 1. The van der Waals surface area contributed by atoms with Gasteiger partial charge in [-0.05, 0) is 13.3 Å². The van der Waals surface area contributed by atoms with Crippen LogP contribution in [0.1, 0.15) is 19.6 Å². The van der Waals surface area contributed by atoms with Crippen molar-refractivity contribution in [2.24, 2.45) is 0 Å². The molecule has 4 N–H and O–H groups in total. The van der Waals surface area contributed by atoms with Gasteiger partial charge in [0.05, 0.1) is 40.5 Å². The van der Waals surface area contributed by atoms with Gasteiger partial charge >= 0.3 is 5.97 Å². The van der Waals surface area contributed by atoms with Gasteiger partial charge in [0, 0.05) is 7.05 Å². The predicted molar refractivity (Wildman–Crippen MR) is 106 cm³/mol. The number of aromatic nitrogens is 4. The molecule has 1 saturated heterocycles. The topological polar surface area (TPSA) is 138 Å². The van der Waals surface area contributed by atoms with E-state index in [0.29, 0.717) is 30.0 Å². The van der Waals surface area contributed by atoms with E-state index in [1.54, 1.807) is 24.9 Å². The zero-order valence-electron chi connectivity index (χ0n) is 15.7. The van der Waals surface area contributed by atoms with Crippen LogP contribution in [0.4, 0.5) is 11.8 Å². The lowest BCUT2D eigenvalue weighted by molar-refractivity contribution is -0.142. The van der Waals surface area contributed by atoms with Crippen LogP contribution in [0.5, 0.6) is 0 Å². The monoisotopic (exact) mass is 431 g/mol. The molecule has 1 aliphatic heterocycles. The molecule has 0 bridgehead atoms. The zero-order valence-corrected chi connectivity index (χ0v) is 17.4. The lowest BCUT2D eigenvalue weighted by atomic mass is 10.2. The molecule has 0 aromatic carbocycles. The first kappa shape index (κ1) is 20.9. The highest BCUT2D eigenvalue weighted by Gasteiger charge is 2.36. The molecule has 0 aliphatic carbocycles. The molecule has 5 unspecified atom stereocenters. The van der Waals surface area contributed by atoms with Gasteiger partial charge in [0.15, 0.2) is 23.2 Å². The number of halogens is 1. The fourth-order valence-electron chi connectivity index (χ4n) is 2.85. The van der Waals surface area contributed by atoms with E-state index in [2.05, 4.69) is 30.1 Å². The van der Waals surface area contributed by atoms with Crippen LogP contribution in [0.25, 0.3) is 11.2 Å². The number of carbonyl (C=O) groups excluding carboxylic acids is 1. The second-order valence-corrected chi connectivity index (χ2v) is 7.55. The van der Waals surface area contributed by atoms with Crippen LogP contribution in [0.3, 0.4) is 0 Å². The lowest BCUT2D eigenvalue weighted by Gasteiger charge is -2.17. The molecule has 0 saturated carbocycles. The standard InChI is InChI=1S/C15H23ClN7O4P/c1-7(14(24)25-3)22-28-26-5-8-4-9(16)13(27-8)23-6-19-10-11(18-2)20-15(17)21-12(10)23/h6-9,13,22,28H,4-5H2,1-3H3,(H3,17,18,20,21). The Morgan fingerprint density at radius 2 is 2.36 bits per heavy atom. The number of imidazole rings is 1. The molecular weight excluding hydrogens is 409 g/mol. The molecule has 0 radical (unpaired) electrons. The van der Waals surface area contributed by atoms with Crippen molar-refractivity contribution in [3.63, 3.8) is 0 Å². The van der Waals surface area contributed by atoms with E-state index in [9.17, 15) is 4.79 Å². The SMILES string of the molecule is CNc1nc(N)nc2c1ncn2C1OC(COPNC(C)C(=O)OC)CC1Cl. The maximum Gasteiger partial charge on any atom is 0.322 e. The maximum absolute atomic E-state index is 11.3. The molecule has 3 rings (SSSR count). The fraction of sp³-hybridized carbons (Fsp3) is 0.600. The van der Waals surface area contributed by atoms with Crippen molar-refractivity contribution in [3.05, 3.63) is 6.33 Å². The molecule has 28 heavy (non-hydrogen) atoms. The first-order valence-electron chi connectivity index (χ1n) is 8.62. The first-order valence-corrected chi connectivity index (χ1v) is 9.96. The predicted octanol–water partition coefficient (Wildman–Crippen LogP) is 1.02. The quantitative estimate of drug-likeness (QED) is 0.240. The minimum Gasteiger partial charge on any atom is -0.468 e. The Kier molecular flexibility index (Phi) is 6.84. The van der Waals surface area contributed by atoms with Crippen molar-refractivity contribution in [1.29, 1.82) is 0 Å². The van der Waals surface area contributed by atoms with Gasteiger partial charge in [0.2, 0.25) is 5.95 Å². The number of methoxy groups -OCH3 is 1. The number of esters is 1. The summed E-state index contributed by atoms with van der Waals surface area (Å²) in [7, 11) is 3.01. The maximum atomic E-state index is 11.3. The third-order valence-electron chi connectivity index (χ3n) is 4.25. The van der Waals surface area contributed by atoms with Gasteiger partial charge in [-0.3, -0.25) is 14.4 Å². The summed E-state index contributed by atoms with van der Waals surface area (Å²) in [4.78, 5) is 24.1. The molecule has 13 heteroatoms. The van der Waals surface area contributed by atoms with Crippen LogP contribution in [0.2, 0.25) is 0 Å². The molecule has 2 aromatic heterocycles. The van der Waals surface area contributed by atoms with Crippen molar-refractivity contribution < 1.29 is 18.8 Å². The smallest absolute Gasteiger partial charge is 0.322 e. The highest BCUT2D eigenvalue weighted by molar-refractivity contribution is 7.29. The minimum atomic E-state index is -0.454. The number of hydrogen-bond acceptors (Lipinski definition) is 10. The molecule has 0 amide bonds. The van der Waals surface area contributed by atoms with E-state index in [-0.39, 0.29) is 32.4 Å². The van der Waals surface area contributed by atoms with Gasteiger partial charge < -0.3 is 25.0 Å². The van der Waals surface area contributed by atoms with Crippen molar-refractivity contribution in [2.75, 3.05) is 31.8 Å². The molecule has 0 spiro atoms. The van der Waals surface area contributed by atoms with E-state index in [4.69, 9.17) is 26.6 Å². The first-order chi connectivity index (χ1) is 13.4. The van der Waals surface area contributed by atoms with Gasteiger partial charge in [-0.1, -0.05) is 0 Å². The van der Waals surface area contributed by atoms with Crippen molar-refractivity contribution in [1.82, 2.24) is 24.6 Å². The van der Waals surface area contributed by atoms with Gasteiger partial charge in [0.1, 0.15) is 6.04 Å². The highest BCUT2D eigenvalue weighted by atomic mass is 35.5. The summed E-state index contributed by atoms with van der Waals surface area (Å²) in [6.45, 7) is 2.04. The number of alkyl halides is 1. The van der Waals surface area contributed by atoms with Crippen molar-refractivity contribution >= 4 is 49.5 Å². The number of ether oxygens (including phenoxy) is 2. The Bertz CT molecular complexity index is 838. The number of rotatable bonds is 8. The minimum absolute atomic E-state index is 0.0656. The van der Waals surface area contributed by atoms with Gasteiger partial charge in [0.25, 0.3) is 0 Å². The van der Waals surface area contributed by atoms with Gasteiger partial charge in [-0.15, -0.1) is 11.6 Å². The number of anilines is 2. The molecular formula is C15H23ClN7O4P. The Hall–Kier alpha value is -1.78. The Morgan fingerprint density at radius 1 is 1.57 bits per heavy atom. The van der Waals surface area contributed by atoms with E-state index in [0.717, 1.165) is 0 Å². The van der Waals surface area contributed by atoms with Crippen molar-refractivity contribution in [2.45, 2.75) is 37.1 Å². The lowest BCUT2D eigenvalue weighted by Crippen LogP contribution is -2.29. The molecule has 1 fully saturated rings. The molecule has 1 aliphatic rings. The summed E-state index contributed by atoms with van der Waals surface area (Å²) >= 11 is 6.51. The summed E-state index contributed by atoms with van der Waals surface area (Å²) < 4.78 is 18.0. The third-order valence-corrected chi connectivity index (χ3v) is 5.51. The molecule has 2 aromatic rings. The van der Waals surface area contributed by atoms with E-state index in [1.807, 2.05) is 0 Å². The second-order valence-electron chi connectivity index (χ2n) is 6.21. The highest BCUT2D eigenvalue weighted by Crippen LogP contribution is 2.36. The number of nitrogens with one attached hydrogen (secondary N) is 2. The van der Waals surface area contributed by atoms with Crippen LogP contribution in [-0.2, 0) is 18.8 Å². The number of nitrogens with zero attached hydrogens (tertiary/aromatic N) is 4. The number of fused-ring (bicyclic) bond motifs is 1. The van der Waals surface area contributed by atoms with Crippen LogP contribution in [-0.4, -0.2) is 63.8 Å². The summed E-state index contributed by atoms with van der Waals surface area (Å²) in [6.07, 6.45) is 1.56. The van der Waals surface area contributed by atoms with E-state index >= 15 is 0 Å². The zero-order chi connectivity index (χ0) is 20.3. The van der Waals surface area contributed by atoms with Crippen LogP contribution >= 0.6 is 20.6 Å². The Labute approximate surface area is 168 Å². The third kappa shape index (κ3) is 4.44. The normalized spacial score (nSPS) is 23.5. The Morgan fingerprint density at radius 3 is 3.07 bits per heavy atom. The summed E-state index contributed by atoms with van der Waals surface area (Å²) in [5.74, 6) is 0.329. The van der Waals surface area contributed by atoms with Crippen LogP contribution in [0, 0.1) is 0 Å². The molecule has 5 atom stereocenters. The van der Waals surface area contributed by atoms with E-state index < -0.39 is 12.3 Å². The Balaban J connectivity index is 1.61. The van der Waals surface area contributed by atoms with Crippen LogP contribution in [0.15, 0.2) is 6.33 Å². The fourth-order valence-corrected chi connectivity index (χ4v) is 3.87. The van der Waals surface area contributed by atoms with E-state index in [1.165, 1.54) is 7.11 Å². The van der Waals surface area contributed by atoms with Crippen molar-refractivity contribution in [3.8, 4) is 0 Å². The summed E-state index contributed by atoms with van der Waals surface area (Å²) in [5.41, 5.74) is 6.92. The summed E-state index contributed by atoms with van der Waals surface area (Å²) in [5, 5.41) is 5.60. The average molecular weight is 432 g/mol. The number of hydrogen-bond donors (Lipinski definition) is 3. The second kappa shape index (κ2) is 9.15. The molecule has 154 valence electrons. The summed E-state index contributed by atoms with van der Waals surface area (Å²) in [6, 6.07) is -0.440. The molecule has 11 nitrogen and oxygen atoms in total. The number of nitrogen functional groups attached to an aromatic ring is 1. The molecule has 3 heterocycles. The average Bonchev–Trinajstić information content (AvgIpc) is 3.26. The van der Waals surface area contributed by atoms with Crippen LogP contribution < -0.4 is 16.1 Å².